The minimum Gasteiger partial charge on any atom is -0.315 e. The Kier molecular flexibility index (Phi) is 5.06. The van der Waals surface area contributed by atoms with Gasteiger partial charge in [0.1, 0.15) is 0 Å². The minimum absolute atomic E-state index is 0.290. The Hall–Kier alpha value is -0.0900. The number of rotatable bonds is 8. The number of sulfone groups is 1. The third-order valence-electron chi connectivity index (χ3n) is 2.96. The zero-order valence-electron chi connectivity index (χ0n) is 9.83. The van der Waals surface area contributed by atoms with Gasteiger partial charge in [-0.3, -0.25) is 0 Å². The van der Waals surface area contributed by atoms with Gasteiger partial charge in [0.15, 0.2) is 9.84 Å². The second-order valence-corrected chi connectivity index (χ2v) is 7.00. The summed E-state index contributed by atoms with van der Waals surface area (Å²) in [4.78, 5) is 0. The molecule has 0 aromatic carbocycles. The Bertz CT molecular complexity index is 270. The lowest BCUT2D eigenvalue weighted by atomic mass is 10.2. The molecule has 1 N–H and O–H groups in total. The molecule has 1 unspecified atom stereocenters. The maximum absolute atomic E-state index is 11.6. The molecule has 0 saturated heterocycles. The molecule has 3 nitrogen and oxygen atoms in total. The normalized spacial score (nSPS) is 19.1. The van der Waals surface area contributed by atoms with Gasteiger partial charge in [-0.1, -0.05) is 20.3 Å². The summed E-state index contributed by atoms with van der Waals surface area (Å²) in [5, 5.41) is 3.22. The molecule has 0 amide bonds. The third kappa shape index (κ3) is 6.15. The molecule has 0 bridgehead atoms. The largest absolute Gasteiger partial charge is 0.315 e. The summed E-state index contributed by atoms with van der Waals surface area (Å²) < 4.78 is 23.2. The highest BCUT2D eigenvalue weighted by Crippen LogP contribution is 2.27. The van der Waals surface area contributed by atoms with Gasteiger partial charge in [-0.25, -0.2) is 8.42 Å². The molecule has 15 heavy (non-hydrogen) atoms. The fraction of sp³-hybridized carbons (Fsp3) is 1.00. The first-order valence-corrected chi connectivity index (χ1v) is 7.76. The van der Waals surface area contributed by atoms with Gasteiger partial charge in [0.05, 0.1) is 11.5 Å². The van der Waals surface area contributed by atoms with E-state index in [4.69, 9.17) is 0 Å². The number of nitrogens with one attached hydrogen (secondary N) is 1. The summed E-state index contributed by atoms with van der Waals surface area (Å²) >= 11 is 0. The van der Waals surface area contributed by atoms with E-state index in [0.717, 1.165) is 18.9 Å². The van der Waals surface area contributed by atoms with Gasteiger partial charge >= 0.3 is 0 Å². The summed E-state index contributed by atoms with van der Waals surface area (Å²) in [6.45, 7) is 5.65. The van der Waals surface area contributed by atoms with E-state index in [1.165, 1.54) is 12.8 Å². The van der Waals surface area contributed by atoms with Crippen molar-refractivity contribution < 1.29 is 8.42 Å². The quantitative estimate of drug-likeness (QED) is 0.645. The molecule has 1 aliphatic rings. The van der Waals surface area contributed by atoms with Gasteiger partial charge < -0.3 is 5.32 Å². The van der Waals surface area contributed by atoms with Gasteiger partial charge in [0, 0.05) is 6.54 Å². The molecule has 0 aromatic heterocycles. The maximum atomic E-state index is 11.6. The van der Waals surface area contributed by atoms with Crippen LogP contribution < -0.4 is 5.32 Å². The Morgan fingerprint density at radius 2 is 2.07 bits per heavy atom. The van der Waals surface area contributed by atoms with Crippen LogP contribution in [0.3, 0.4) is 0 Å². The lowest BCUT2D eigenvalue weighted by molar-refractivity contribution is 0.559. The zero-order chi connectivity index (χ0) is 11.3. The zero-order valence-corrected chi connectivity index (χ0v) is 10.6. The van der Waals surface area contributed by atoms with Crippen LogP contribution in [0.15, 0.2) is 0 Å². The highest BCUT2D eigenvalue weighted by molar-refractivity contribution is 7.91. The van der Waals surface area contributed by atoms with Crippen molar-refractivity contribution in [2.45, 2.75) is 33.1 Å². The van der Waals surface area contributed by atoms with Crippen molar-refractivity contribution in [1.82, 2.24) is 5.32 Å². The van der Waals surface area contributed by atoms with Crippen molar-refractivity contribution >= 4 is 9.84 Å². The monoisotopic (exact) mass is 233 g/mol. The van der Waals surface area contributed by atoms with Crippen LogP contribution in [0.2, 0.25) is 0 Å². The van der Waals surface area contributed by atoms with E-state index in [2.05, 4.69) is 5.32 Å². The number of hydrogen-bond donors (Lipinski definition) is 1. The molecule has 0 radical (unpaired) electrons. The van der Waals surface area contributed by atoms with Crippen LogP contribution in [0.4, 0.5) is 0 Å². The van der Waals surface area contributed by atoms with Crippen molar-refractivity contribution in [3.05, 3.63) is 0 Å². The van der Waals surface area contributed by atoms with E-state index in [-0.39, 0.29) is 0 Å². The van der Waals surface area contributed by atoms with Crippen molar-refractivity contribution in [2.75, 3.05) is 24.6 Å². The van der Waals surface area contributed by atoms with Gasteiger partial charge in [-0.15, -0.1) is 0 Å². The first-order valence-electron chi connectivity index (χ1n) is 5.94. The van der Waals surface area contributed by atoms with Crippen LogP contribution in [-0.2, 0) is 9.84 Å². The summed E-state index contributed by atoms with van der Waals surface area (Å²) in [7, 11) is -2.83. The fourth-order valence-corrected chi connectivity index (χ4v) is 3.22. The molecular weight excluding hydrogens is 210 g/mol. The average molecular weight is 233 g/mol. The predicted octanol–water partition coefficient (Wildman–Crippen LogP) is 1.45. The molecule has 1 fully saturated rings. The molecule has 0 aromatic rings. The van der Waals surface area contributed by atoms with Crippen LogP contribution in [0.5, 0.6) is 0 Å². The summed E-state index contributed by atoms with van der Waals surface area (Å²) in [6, 6.07) is 0. The molecule has 4 heteroatoms. The van der Waals surface area contributed by atoms with Crippen LogP contribution in [0.1, 0.15) is 33.1 Å². The lowest BCUT2D eigenvalue weighted by Gasteiger charge is -2.09. The maximum Gasteiger partial charge on any atom is 0.151 e. The lowest BCUT2D eigenvalue weighted by Crippen LogP contribution is -2.27. The minimum atomic E-state index is -2.83. The molecule has 0 spiro atoms. The first-order chi connectivity index (χ1) is 7.03. The second-order valence-electron chi connectivity index (χ2n) is 4.78. The fourth-order valence-electron chi connectivity index (χ4n) is 1.49. The molecule has 0 heterocycles. The smallest absolute Gasteiger partial charge is 0.151 e. The Morgan fingerprint density at radius 3 is 2.60 bits per heavy atom. The van der Waals surface area contributed by atoms with E-state index in [1.54, 1.807) is 0 Å². The van der Waals surface area contributed by atoms with Gasteiger partial charge in [-0.2, -0.15) is 0 Å². The highest BCUT2D eigenvalue weighted by atomic mass is 32.2. The van der Waals surface area contributed by atoms with Crippen molar-refractivity contribution in [1.29, 1.82) is 0 Å². The van der Waals surface area contributed by atoms with Crippen LogP contribution in [-0.4, -0.2) is 33.0 Å². The Labute approximate surface area is 93.6 Å². The van der Waals surface area contributed by atoms with Crippen molar-refractivity contribution in [2.24, 2.45) is 11.8 Å². The van der Waals surface area contributed by atoms with Gasteiger partial charge in [-0.05, 0) is 31.2 Å². The van der Waals surface area contributed by atoms with Crippen LogP contribution >= 0.6 is 0 Å². The molecule has 90 valence electrons. The molecule has 1 atom stereocenters. The molecular formula is C11H23NO2S. The summed E-state index contributed by atoms with van der Waals surface area (Å²) in [5.74, 6) is 1.75. The first kappa shape index (κ1) is 13.0. The highest BCUT2D eigenvalue weighted by Gasteiger charge is 2.20. The van der Waals surface area contributed by atoms with Crippen molar-refractivity contribution in [3.8, 4) is 0 Å². The molecule has 1 rings (SSSR count). The van der Waals surface area contributed by atoms with E-state index < -0.39 is 9.84 Å². The SMILES string of the molecule is CCC(C)CS(=O)(=O)CCNCC1CC1. The molecule has 0 aliphatic heterocycles. The van der Waals surface area contributed by atoms with E-state index in [9.17, 15) is 8.42 Å². The molecule has 1 saturated carbocycles. The van der Waals surface area contributed by atoms with Crippen molar-refractivity contribution in [3.63, 3.8) is 0 Å². The summed E-state index contributed by atoms with van der Waals surface area (Å²) in [6.07, 6.45) is 3.56. The second kappa shape index (κ2) is 5.85. The predicted molar refractivity (Wildman–Crippen MR) is 63.7 cm³/mol. The van der Waals surface area contributed by atoms with E-state index >= 15 is 0 Å². The number of hydrogen-bond acceptors (Lipinski definition) is 3. The summed E-state index contributed by atoms with van der Waals surface area (Å²) in [5.41, 5.74) is 0. The van der Waals surface area contributed by atoms with Gasteiger partial charge in [0.25, 0.3) is 0 Å². The van der Waals surface area contributed by atoms with Crippen LogP contribution in [0.25, 0.3) is 0 Å². The van der Waals surface area contributed by atoms with Crippen LogP contribution in [0, 0.1) is 11.8 Å². The topological polar surface area (TPSA) is 46.2 Å². The molecule has 1 aliphatic carbocycles. The average Bonchev–Trinajstić information content (AvgIpc) is 2.95. The Morgan fingerprint density at radius 1 is 1.40 bits per heavy atom. The van der Waals surface area contributed by atoms with E-state index in [1.807, 2.05) is 13.8 Å². The van der Waals surface area contributed by atoms with Gasteiger partial charge in [0.2, 0.25) is 0 Å². The standard InChI is InChI=1S/C11H23NO2S/c1-3-10(2)9-15(13,14)7-6-12-8-11-4-5-11/h10-12H,3-9H2,1-2H3. The van der Waals surface area contributed by atoms with E-state index in [0.29, 0.717) is 24.0 Å². The third-order valence-corrected chi connectivity index (χ3v) is 4.86. The Balaban J connectivity index is 2.11.